The molecule has 1 saturated heterocycles. The van der Waals surface area contributed by atoms with Crippen LogP contribution in [0.5, 0.6) is 0 Å². The Hall–Kier alpha value is -3.72. The molecule has 2 N–H and O–H groups in total. The van der Waals surface area contributed by atoms with Gasteiger partial charge in [-0.15, -0.1) is 11.3 Å². The van der Waals surface area contributed by atoms with Crippen LogP contribution < -0.4 is 10.6 Å². The summed E-state index contributed by atoms with van der Waals surface area (Å²) in [5.41, 5.74) is 4.30. The number of likely N-dealkylation sites (tertiary alicyclic amines) is 1. The summed E-state index contributed by atoms with van der Waals surface area (Å²) in [5, 5.41) is 8.12. The monoisotopic (exact) mass is 492 g/mol. The van der Waals surface area contributed by atoms with E-state index in [-0.39, 0.29) is 24.3 Å². The van der Waals surface area contributed by atoms with Gasteiger partial charge in [-0.25, -0.2) is 9.78 Å². The molecule has 3 aromatic rings. The number of hydrogen-bond acceptors (Lipinski definition) is 6. The number of aryl methyl sites for hydroxylation is 1. The number of thiazole rings is 1. The van der Waals surface area contributed by atoms with Crippen molar-refractivity contribution >= 4 is 34.9 Å². The van der Waals surface area contributed by atoms with Crippen LogP contribution in [0.25, 0.3) is 11.1 Å². The summed E-state index contributed by atoms with van der Waals surface area (Å²) in [6, 6.07) is 15.9. The highest BCUT2D eigenvalue weighted by Gasteiger charge is 2.26. The van der Waals surface area contributed by atoms with Gasteiger partial charge in [0, 0.05) is 35.6 Å². The molecule has 3 amide bonds. The molecule has 35 heavy (non-hydrogen) atoms. The first-order chi connectivity index (χ1) is 16.9. The van der Waals surface area contributed by atoms with Gasteiger partial charge in [0.1, 0.15) is 12.2 Å². The molecule has 0 spiro atoms. The molecule has 0 radical (unpaired) electrons. The SMILES string of the molecule is COC(=O)NCC(=O)N1CCC(c2nc(C(=O)Nc3ccccc3-c3ccc(C)cc3)cs2)CC1. The zero-order chi connectivity index (χ0) is 24.8. The smallest absolute Gasteiger partial charge is 0.407 e. The minimum atomic E-state index is -0.622. The Labute approximate surface area is 208 Å². The van der Waals surface area contributed by atoms with Crippen LogP contribution in [0.2, 0.25) is 0 Å². The van der Waals surface area contributed by atoms with Gasteiger partial charge in [0.25, 0.3) is 5.91 Å². The minimum absolute atomic E-state index is 0.0804. The van der Waals surface area contributed by atoms with Crippen molar-refractivity contribution < 1.29 is 19.1 Å². The lowest BCUT2D eigenvalue weighted by Gasteiger charge is -2.31. The maximum Gasteiger partial charge on any atom is 0.407 e. The van der Waals surface area contributed by atoms with Crippen molar-refractivity contribution in [2.24, 2.45) is 0 Å². The van der Waals surface area contributed by atoms with Crippen molar-refractivity contribution in [3.05, 3.63) is 70.2 Å². The zero-order valence-corrected chi connectivity index (χ0v) is 20.6. The van der Waals surface area contributed by atoms with Crippen LogP contribution in [0.15, 0.2) is 53.9 Å². The lowest BCUT2D eigenvalue weighted by atomic mass is 9.97. The predicted octanol–water partition coefficient (Wildman–Crippen LogP) is 4.43. The number of rotatable bonds is 6. The Balaban J connectivity index is 1.36. The highest BCUT2D eigenvalue weighted by Crippen LogP contribution is 2.32. The predicted molar refractivity (Wildman–Crippen MR) is 136 cm³/mol. The van der Waals surface area contributed by atoms with Crippen molar-refractivity contribution in [1.29, 1.82) is 0 Å². The van der Waals surface area contributed by atoms with Gasteiger partial charge in [-0.3, -0.25) is 9.59 Å². The van der Waals surface area contributed by atoms with Gasteiger partial charge in [0.15, 0.2) is 0 Å². The third-order valence-electron chi connectivity index (χ3n) is 6.06. The molecule has 9 heteroatoms. The van der Waals surface area contributed by atoms with Gasteiger partial charge in [0.2, 0.25) is 5.91 Å². The Morgan fingerprint density at radius 2 is 1.80 bits per heavy atom. The number of nitrogens with zero attached hydrogens (tertiary/aromatic N) is 2. The van der Waals surface area contributed by atoms with E-state index < -0.39 is 6.09 Å². The second kappa shape index (κ2) is 11.1. The molecule has 4 rings (SSSR count). The summed E-state index contributed by atoms with van der Waals surface area (Å²) < 4.78 is 4.49. The first kappa shape index (κ1) is 24.4. The molecular formula is C26H28N4O4S. The third-order valence-corrected chi connectivity index (χ3v) is 7.07. The molecule has 1 fully saturated rings. The molecule has 2 heterocycles. The maximum absolute atomic E-state index is 13.0. The number of nitrogens with one attached hydrogen (secondary N) is 2. The summed E-state index contributed by atoms with van der Waals surface area (Å²) in [5.74, 6) is -0.187. The third kappa shape index (κ3) is 6.05. The molecule has 182 valence electrons. The van der Waals surface area contributed by atoms with Crippen LogP contribution in [0.4, 0.5) is 10.5 Å². The number of alkyl carbamates (subject to hydrolysis) is 1. The van der Waals surface area contributed by atoms with E-state index in [1.165, 1.54) is 24.0 Å². The van der Waals surface area contributed by atoms with Crippen LogP contribution in [-0.4, -0.2) is 54.5 Å². The standard InChI is InChI=1S/C26H28N4O4S/c1-17-7-9-18(10-8-17)20-5-3-4-6-21(20)28-24(32)22-16-35-25(29-22)19-11-13-30(14-12-19)23(31)15-27-26(33)34-2/h3-10,16,19H,11-15H2,1-2H3,(H,27,33)(H,28,32). The van der Waals surface area contributed by atoms with Gasteiger partial charge in [0.05, 0.1) is 12.1 Å². The van der Waals surface area contributed by atoms with Crippen molar-refractivity contribution in [3.8, 4) is 11.1 Å². The lowest BCUT2D eigenvalue weighted by Crippen LogP contribution is -2.43. The number of carbonyl (C=O) groups is 3. The summed E-state index contributed by atoms with van der Waals surface area (Å²) in [6.45, 7) is 3.12. The fourth-order valence-electron chi connectivity index (χ4n) is 4.05. The molecular weight excluding hydrogens is 464 g/mol. The van der Waals surface area contributed by atoms with E-state index in [4.69, 9.17) is 0 Å². The number of piperidine rings is 1. The number of methoxy groups -OCH3 is 1. The van der Waals surface area contributed by atoms with E-state index in [1.54, 1.807) is 10.3 Å². The normalized spacial score (nSPS) is 13.8. The highest BCUT2D eigenvalue weighted by molar-refractivity contribution is 7.10. The summed E-state index contributed by atoms with van der Waals surface area (Å²) >= 11 is 1.47. The zero-order valence-electron chi connectivity index (χ0n) is 19.7. The second-order valence-corrected chi connectivity index (χ2v) is 9.33. The van der Waals surface area contributed by atoms with Crippen molar-refractivity contribution in [2.45, 2.75) is 25.7 Å². The van der Waals surface area contributed by atoms with E-state index in [9.17, 15) is 14.4 Å². The largest absolute Gasteiger partial charge is 0.453 e. The number of carbonyl (C=O) groups excluding carboxylic acids is 3. The van der Waals surface area contributed by atoms with Crippen LogP contribution in [0.3, 0.4) is 0 Å². The molecule has 0 saturated carbocycles. The van der Waals surface area contributed by atoms with Gasteiger partial charge in [-0.2, -0.15) is 0 Å². The van der Waals surface area contributed by atoms with E-state index in [1.807, 2.05) is 43.3 Å². The average Bonchev–Trinajstić information content (AvgIpc) is 3.39. The molecule has 1 aliphatic rings. The average molecular weight is 493 g/mol. The highest BCUT2D eigenvalue weighted by atomic mass is 32.1. The first-order valence-electron chi connectivity index (χ1n) is 11.5. The Morgan fingerprint density at radius 1 is 1.09 bits per heavy atom. The fraction of sp³-hybridized carbons (Fsp3) is 0.308. The van der Waals surface area contributed by atoms with Crippen molar-refractivity contribution in [1.82, 2.24) is 15.2 Å². The Morgan fingerprint density at radius 3 is 2.51 bits per heavy atom. The number of aromatic nitrogens is 1. The first-order valence-corrected chi connectivity index (χ1v) is 12.3. The van der Waals surface area contributed by atoms with Gasteiger partial charge in [-0.1, -0.05) is 48.0 Å². The van der Waals surface area contributed by atoms with E-state index in [0.717, 1.165) is 34.7 Å². The number of hydrogen-bond donors (Lipinski definition) is 2. The van der Waals surface area contributed by atoms with Gasteiger partial charge in [-0.05, 0) is 31.4 Å². The van der Waals surface area contributed by atoms with Crippen LogP contribution in [0.1, 0.15) is 39.8 Å². The quantitative estimate of drug-likeness (QED) is 0.530. The van der Waals surface area contributed by atoms with E-state index >= 15 is 0 Å². The molecule has 8 nitrogen and oxygen atoms in total. The number of ether oxygens (including phenoxy) is 1. The molecule has 1 aliphatic heterocycles. The topological polar surface area (TPSA) is 101 Å². The summed E-state index contributed by atoms with van der Waals surface area (Å²) in [6.07, 6.45) is 0.896. The molecule has 0 bridgehead atoms. The molecule has 0 unspecified atom stereocenters. The Kier molecular flexibility index (Phi) is 7.77. The molecule has 2 aromatic carbocycles. The molecule has 1 aromatic heterocycles. The second-order valence-electron chi connectivity index (χ2n) is 8.44. The minimum Gasteiger partial charge on any atom is -0.453 e. The fourth-order valence-corrected chi connectivity index (χ4v) is 5.02. The van der Waals surface area contributed by atoms with Gasteiger partial charge < -0.3 is 20.3 Å². The van der Waals surface area contributed by atoms with Crippen LogP contribution >= 0.6 is 11.3 Å². The molecule has 0 aliphatic carbocycles. The number of para-hydroxylation sites is 1. The lowest BCUT2D eigenvalue weighted by molar-refractivity contribution is -0.131. The maximum atomic E-state index is 13.0. The summed E-state index contributed by atoms with van der Waals surface area (Å²) in [7, 11) is 1.26. The van der Waals surface area contributed by atoms with Crippen molar-refractivity contribution in [3.63, 3.8) is 0 Å². The van der Waals surface area contributed by atoms with Crippen LogP contribution in [-0.2, 0) is 9.53 Å². The summed E-state index contributed by atoms with van der Waals surface area (Å²) in [4.78, 5) is 42.8. The number of anilines is 1. The van der Waals surface area contributed by atoms with Crippen LogP contribution in [0, 0.1) is 6.92 Å². The van der Waals surface area contributed by atoms with Gasteiger partial charge >= 0.3 is 6.09 Å². The number of amides is 3. The van der Waals surface area contributed by atoms with E-state index in [0.29, 0.717) is 18.8 Å². The number of benzene rings is 2. The molecule has 0 atom stereocenters. The van der Waals surface area contributed by atoms with Crippen molar-refractivity contribution in [2.75, 3.05) is 32.1 Å². The van der Waals surface area contributed by atoms with E-state index in [2.05, 4.69) is 32.5 Å². The Bertz CT molecular complexity index is 1200.